The van der Waals surface area contributed by atoms with Crippen LogP contribution in [0.4, 0.5) is 0 Å². The van der Waals surface area contributed by atoms with Gasteiger partial charge in [-0.3, -0.25) is 4.79 Å². The van der Waals surface area contributed by atoms with Crippen LogP contribution in [0, 0.1) is 0 Å². The highest BCUT2D eigenvalue weighted by Crippen LogP contribution is 2.30. The standard InChI is InChI=1S/C77H133NO13/c1-3-5-7-9-11-13-15-17-19-21-23-25-27-29-31-32-33-34-35-37-39-41-43-45-47-49-51-53-55-57-59-61-69(82)78-65(64-88-76-74(87)72(85)75(68(63-80)90-76)91-77-73(86)71(84)70(83)67(62-79)89-77)66(81)60-58-56-54-52-50-48-46-44-42-40-38-36-30-28-26-24-22-20-18-16-14-12-10-8-6-4-2/h5,7,11,13,17,19,23,25,29,31,33-34,42,44,50,52,58,60,65-68,70-77,79-81,83-87H,3-4,6,8-10,12,14-16,18,20-22,24,26-28,30,32,35-41,43,45-49,51,53-57,59,61-64H2,1-2H3,(H,78,82)/b7-5-,13-11-,19-17-,25-23-,31-29-,34-33-,44-42+,52-50+,60-58+. The Kier molecular flexibility index (Phi) is 55.5. The molecule has 2 fully saturated rings. The third-order valence-corrected chi connectivity index (χ3v) is 17.2. The summed E-state index contributed by atoms with van der Waals surface area (Å²) in [6.45, 7) is 2.68. The lowest BCUT2D eigenvalue weighted by molar-refractivity contribution is -0.359. The van der Waals surface area contributed by atoms with Gasteiger partial charge in [-0.1, -0.05) is 284 Å². The molecule has 0 aromatic rings. The first-order valence-electron chi connectivity index (χ1n) is 36.6. The van der Waals surface area contributed by atoms with Crippen molar-refractivity contribution in [3.63, 3.8) is 0 Å². The molecule has 0 aliphatic carbocycles. The quantitative estimate of drug-likeness (QED) is 0.0204. The number of rotatable bonds is 59. The average Bonchev–Trinajstić information content (AvgIpc) is 1.25. The van der Waals surface area contributed by atoms with Gasteiger partial charge < -0.3 is 65.1 Å². The molecule has 0 aromatic carbocycles. The number of ether oxygens (including phenoxy) is 4. The number of aliphatic hydroxyl groups is 8. The van der Waals surface area contributed by atoms with Gasteiger partial charge in [0, 0.05) is 6.42 Å². The number of hydrogen-bond donors (Lipinski definition) is 9. The first kappa shape index (κ1) is 83.7. The van der Waals surface area contributed by atoms with Crippen molar-refractivity contribution in [2.45, 2.75) is 351 Å². The maximum absolute atomic E-state index is 13.3. The van der Waals surface area contributed by atoms with Gasteiger partial charge in [-0.15, -0.1) is 0 Å². The topological polar surface area (TPSA) is 228 Å². The molecule has 1 amide bonds. The lowest BCUT2D eigenvalue weighted by Gasteiger charge is -2.46. The van der Waals surface area contributed by atoms with Crippen LogP contribution in [0.25, 0.3) is 0 Å². The van der Waals surface area contributed by atoms with E-state index >= 15 is 0 Å². The van der Waals surface area contributed by atoms with Crippen molar-refractivity contribution < 1.29 is 64.6 Å². The average molecular weight is 1280 g/mol. The number of hydrogen-bond acceptors (Lipinski definition) is 13. The van der Waals surface area contributed by atoms with Gasteiger partial charge in [-0.2, -0.15) is 0 Å². The molecule has 0 bridgehead atoms. The monoisotopic (exact) mass is 1280 g/mol. The third-order valence-electron chi connectivity index (χ3n) is 17.2. The molecule has 2 heterocycles. The van der Waals surface area contributed by atoms with Crippen molar-refractivity contribution in [1.29, 1.82) is 0 Å². The minimum Gasteiger partial charge on any atom is -0.394 e. The molecule has 2 aliphatic heterocycles. The summed E-state index contributed by atoms with van der Waals surface area (Å²) in [5, 5.41) is 87.5. The van der Waals surface area contributed by atoms with E-state index in [1.54, 1.807) is 6.08 Å². The molecule has 0 spiro atoms. The molecular formula is C77H133NO13. The number of unbranched alkanes of at least 4 members (excludes halogenated alkanes) is 30. The number of amides is 1. The van der Waals surface area contributed by atoms with Crippen molar-refractivity contribution in [3.8, 4) is 0 Å². The minimum atomic E-state index is -1.80. The highest BCUT2D eigenvalue weighted by molar-refractivity contribution is 5.76. The number of allylic oxidation sites excluding steroid dienone is 17. The zero-order valence-corrected chi connectivity index (χ0v) is 57.1. The van der Waals surface area contributed by atoms with Gasteiger partial charge in [-0.05, 0) is 96.3 Å². The number of aliphatic hydroxyl groups excluding tert-OH is 8. The van der Waals surface area contributed by atoms with Crippen LogP contribution < -0.4 is 5.32 Å². The van der Waals surface area contributed by atoms with E-state index in [-0.39, 0.29) is 18.9 Å². The number of carbonyl (C=O) groups is 1. The summed E-state index contributed by atoms with van der Waals surface area (Å²) in [6.07, 6.45) is 70.0. The van der Waals surface area contributed by atoms with E-state index in [0.717, 1.165) is 89.9 Å². The highest BCUT2D eigenvalue weighted by Gasteiger charge is 2.51. The predicted octanol–water partition coefficient (Wildman–Crippen LogP) is 15.5. The highest BCUT2D eigenvalue weighted by atomic mass is 16.7. The van der Waals surface area contributed by atoms with Gasteiger partial charge in [0.2, 0.25) is 5.91 Å². The van der Waals surface area contributed by atoms with Gasteiger partial charge in [0.25, 0.3) is 0 Å². The van der Waals surface area contributed by atoms with E-state index < -0.39 is 86.8 Å². The van der Waals surface area contributed by atoms with E-state index in [9.17, 15) is 45.6 Å². The van der Waals surface area contributed by atoms with E-state index in [0.29, 0.717) is 12.8 Å². The summed E-state index contributed by atoms with van der Waals surface area (Å²) in [5.41, 5.74) is 0. The molecular weight excluding hydrogens is 1150 g/mol. The summed E-state index contributed by atoms with van der Waals surface area (Å²) in [5.74, 6) is -0.258. The molecule has 91 heavy (non-hydrogen) atoms. The van der Waals surface area contributed by atoms with E-state index in [2.05, 4.69) is 116 Å². The zero-order valence-electron chi connectivity index (χ0n) is 57.1. The Bertz CT molecular complexity index is 1950. The van der Waals surface area contributed by atoms with Gasteiger partial charge in [-0.25, -0.2) is 0 Å². The van der Waals surface area contributed by atoms with Gasteiger partial charge >= 0.3 is 0 Å². The zero-order chi connectivity index (χ0) is 65.9. The molecule has 2 aliphatic rings. The first-order valence-corrected chi connectivity index (χ1v) is 36.6. The van der Waals surface area contributed by atoms with Crippen molar-refractivity contribution >= 4 is 5.91 Å². The fraction of sp³-hybridized carbons (Fsp3) is 0.753. The molecule has 12 unspecified atom stereocenters. The van der Waals surface area contributed by atoms with Crippen LogP contribution >= 0.6 is 0 Å². The molecule has 14 nitrogen and oxygen atoms in total. The largest absolute Gasteiger partial charge is 0.394 e. The molecule has 0 radical (unpaired) electrons. The van der Waals surface area contributed by atoms with Crippen LogP contribution in [-0.2, 0) is 23.7 Å². The molecule has 9 N–H and O–H groups in total. The van der Waals surface area contributed by atoms with Gasteiger partial charge in [0.05, 0.1) is 32.0 Å². The second kappa shape index (κ2) is 60.3. The maximum Gasteiger partial charge on any atom is 0.220 e. The second-order valence-corrected chi connectivity index (χ2v) is 25.3. The van der Waals surface area contributed by atoms with Crippen LogP contribution in [0.2, 0.25) is 0 Å². The summed E-state index contributed by atoms with van der Waals surface area (Å²) < 4.78 is 22.8. The first-order chi connectivity index (χ1) is 44.6. The van der Waals surface area contributed by atoms with Crippen molar-refractivity contribution in [2.75, 3.05) is 19.8 Å². The summed E-state index contributed by atoms with van der Waals surface area (Å²) in [4.78, 5) is 13.3. The van der Waals surface area contributed by atoms with E-state index in [1.807, 2.05) is 6.08 Å². The Morgan fingerprint density at radius 1 is 0.407 bits per heavy atom. The van der Waals surface area contributed by atoms with Crippen LogP contribution in [0.5, 0.6) is 0 Å². The molecule has 2 rings (SSSR count). The van der Waals surface area contributed by atoms with Crippen molar-refractivity contribution in [1.82, 2.24) is 5.32 Å². The van der Waals surface area contributed by atoms with Crippen LogP contribution in [0.15, 0.2) is 109 Å². The normalized spacial score (nSPS) is 23.5. The van der Waals surface area contributed by atoms with Gasteiger partial charge in [0.15, 0.2) is 12.6 Å². The van der Waals surface area contributed by atoms with E-state index in [1.165, 1.54) is 154 Å². The van der Waals surface area contributed by atoms with Gasteiger partial charge in [0.1, 0.15) is 48.8 Å². The Morgan fingerprint density at radius 2 is 0.769 bits per heavy atom. The predicted molar refractivity (Wildman–Crippen MR) is 373 cm³/mol. The lowest BCUT2D eigenvalue weighted by Crippen LogP contribution is -2.65. The second-order valence-electron chi connectivity index (χ2n) is 25.3. The fourth-order valence-electron chi connectivity index (χ4n) is 11.4. The fourth-order valence-corrected chi connectivity index (χ4v) is 11.4. The smallest absolute Gasteiger partial charge is 0.220 e. The van der Waals surface area contributed by atoms with Crippen LogP contribution in [-0.4, -0.2) is 140 Å². The molecule has 12 atom stereocenters. The Labute approximate surface area is 553 Å². The summed E-state index contributed by atoms with van der Waals surface area (Å²) >= 11 is 0. The van der Waals surface area contributed by atoms with Crippen molar-refractivity contribution in [2.24, 2.45) is 0 Å². The summed E-state index contributed by atoms with van der Waals surface area (Å²) in [6, 6.07) is -0.948. The lowest BCUT2D eigenvalue weighted by atomic mass is 9.97. The molecule has 524 valence electrons. The van der Waals surface area contributed by atoms with Crippen LogP contribution in [0.1, 0.15) is 277 Å². The third kappa shape index (κ3) is 44.1. The number of carbonyl (C=O) groups excluding carboxylic acids is 1. The Hall–Kier alpha value is -3.35. The van der Waals surface area contributed by atoms with Crippen molar-refractivity contribution in [3.05, 3.63) is 109 Å². The van der Waals surface area contributed by atoms with Crippen LogP contribution in [0.3, 0.4) is 0 Å². The molecule has 14 heteroatoms. The Morgan fingerprint density at radius 3 is 1.21 bits per heavy atom. The molecule has 2 saturated heterocycles. The molecule has 0 aromatic heterocycles. The molecule has 0 saturated carbocycles. The summed E-state index contributed by atoms with van der Waals surface area (Å²) in [7, 11) is 0. The maximum atomic E-state index is 13.3. The SMILES string of the molecule is CC/C=C\C/C=C\C/C=C\C/C=C\C/C=C\C/C=C\CCCCCCCCCCCCCCC(=O)NC(COC1OC(CO)C(OC2OC(CO)C(O)C(O)C2O)C(O)C1O)C(O)/C=C/CC/C=C/CC/C=C/CCCCCCCCCCCCCCCCCC. The minimum absolute atomic E-state index is 0.258. The number of nitrogens with one attached hydrogen (secondary N) is 1. The Balaban J connectivity index is 1.69. The van der Waals surface area contributed by atoms with E-state index in [4.69, 9.17) is 18.9 Å².